The Kier molecular flexibility index (Phi) is 6.62. The van der Waals surface area contributed by atoms with Crippen molar-refractivity contribution in [1.82, 2.24) is 10.2 Å². The average Bonchev–Trinajstić information content (AvgIpc) is 2.95. The van der Waals surface area contributed by atoms with E-state index in [0.717, 1.165) is 37.7 Å². The summed E-state index contributed by atoms with van der Waals surface area (Å²) < 4.78 is 24.6. The van der Waals surface area contributed by atoms with Crippen molar-refractivity contribution < 1.29 is 8.95 Å². The van der Waals surface area contributed by atoms with E-state index in [2.05, 4.69) is 38.1 Å². The summed E-state index contributed by atoms with van der Waals surface area (Å²) in [5.41, 5.74) is 6.86. The number of likely N-dealkylation sites (tertiary alicyclic amines) is 1. The number of benzene rings is 1. The Balaban J connectivity index is 1.43. The molecule has 3 N–H and O–H groups in total. The number of nitrogens with two attached hydrogens (primary N) is 1. The maximum absolute atomic E-state index is 11.1. The Labute approximate surface area is 157 Å². The maximum Gasteiger partial charge on any atom is 0.269 e. The van der Waals surface area contributed by atoms with Crippen LogP contribution in [0.2, 0.25) is 0 Å². The summed E-state index contributed by atoms with van der Waals surface area (Å²) in [6.45, 7) is 6.82. The minimum atomic E-state index is -1.58. The van der Waals surface area contributed by atoms with Gasteiger partial charge in [0, 0.05) is 18.7 Å². The first-order valence-electron chi connectivity index (χ1n) is 9.14. The molecule has 0 aromatic heterocycles. The van der Waals surface area contributed by atoms with Crippen LogP contribution in [0.4, 0.5) is 0 Å². The molecular formula is C18H27N5O2S. The third kappa shape index (κ3) is 5.28. The fraction of sp³-hybridized carbons (Fsp3) is 0.556. The van der Waals surface area contributed by atoms with E-state index in [1.807, 2.05) is 12.1 Å². The van der Waals surface area contributed by atoms with Crippen molar-refractivity contribution in [3.63, 3.8) is 0 Å². The molecule has 1 aromatic carbocycles. The molecule has 0 spiro atoms. The Morgan fingerprint density at radius 2 is 2.08 bits per heavy atom. The highest BCUT2D eigenvalue weighted by Crippen LogP contribution is 2.23. The smallest absolute Gasteiger partial charge is 0.269 e. The first-order chi connectivity index (χ1) is 12.6. The van der Waals surface area contributed by atoms with E-state index in [-0.39, 0.29) is 5.84 Å². The number of rotatable bonds is 7. The lowest BCUT2D eigenvalue weighted by molar-refractivity contribution is 0.182. The monoisotopic (exact) mass is 377 g/mol. The molecule has 142 valence electrons. The molecule has 1 unspecified atom stereocenters. The molecule has 1 aromatic rings. The second kappa shape index (κ2) is 9.14. The summed E-state index contributed by atoms with van der Waals surface area (Å²) in [4.78, 5) is 2.50. The summed E-state index contributed by atoms with van der Waals surface area (Å²) in [6, 6.07) is 8.25. The second-order valence-electron chi connectivity index (χ2n) is 6.84. The van der Waals surface area contributed by atoms with E-state index in [1.165, 1.54) is 18.4 Å². The molecule has 0 aliphatic carbocycles. The fourth-order valence-corrected chi connectivity index (χ4v) is 3.70. The first kappa shape index (κ1) is 18.8. The van der Waals surface area contributed by atoms with Gasteiger partial charge < -0.3 is 15.8 Å². The van der Waals surface area contributed by atoms with Crippen LogP contribution in [0.5, 0.6) is 5.75 Å². The summed E-state index contributed by atoms with van der Waals surface area (Å²) in [5.74, 6) is 2.39. The topological polar surface area (TPSA) is 92.3 Å². The quantitative estimate of drug-likeness (QED) is 0.705. The van der Waals surface area contributed by atoms with Crippen molar-refractivity contribution in [3.05, 3.63) is 29.8 Å². The van der Waals surface area contributed by atoms with E-state index >= 15 is 0 Å². The summed E-state index contributed by atoms with van der Waals surface area (Å²) in [7, 11) is 0. The van der Waals surface area contributed by atoms with Crippen LogP contribution in [0.15, 0.2) is 33.1 Å². The molecule has 0 saturated carbocycles. The van der Waals surface area contributed by atoms with Crippen LogP contribution in [0.3, 0.4) is 0 Å². The molecule has 8 heteroatoms. The van der Waals surface area contributed by atoms with Crippen molar-refractivity contribution in [1.29, 1.82) is 0 Å². The van der Waals surface area contributed by atoms with Gasteiger partial charge in [0.1, 0.15) is 5.75 Å². The fourth-order valence-electron chi connectivity index (χ4n) is 3.09. The summed E-state index contributed by atoms with van der Waals surface area (Å²) in [6.07, 6.45) is 3.33. The highest BCUT2D eigenvalue weighted by atomic mass is 32.2. The van der Waals surface area contributed by atoms with Gasteiger partial charge in [0.2, 0.25) is 0 Å². The van der Waals surface area contributed by atoms with Crippen LogP contribution in [0, 0.1) is 5.92 Å². The normalized spacial score (nSPS) is 21.3. The van der Waals surface area contributed by atoms with Crippen molar-refractivity contribution >= 4 is 22.8 Å². The van der Waals surface area contributed by atoms with Crippen LogP contribution < -0.4 is 15.8 Å². The van der Waals surface area contributed by atoms with Gasteiger partial charge in [0.25, 0.3) is 11.2 Å². The van der Waals surface area contributed by atoms with Crippen molar-refractivity contribution in [2.24, 2.45) is 20.4 Å². The van der Waals surface area contributed by atoms with Crippen molar-refractivity contribution in [2.45, 2.75) is 32.7 Å². The molecule has 26 heavy (non-hydrogen) atoms. The molecule has 7 nitrogen and oxygen atoms in total. The van der Waals surface area contributed by atoms with E-state index in [9.17, 15) is 4.21 Å². The minimum absolute atomic E-state index is 0.199. The summed E-state index contributed by atoms with van der Waals surface area (Å²) in [5, 5.41) is 3.05. The molecule has 2 aliphatic heterocycles. The predicted molar refractivity (Wildman–Crippen MR) is 105 cm³/mol. The van der Waals surface area contributed by atoms with Gasteiger partial charge >= 0.3 is 0 Å². The van der Waals surface area contributed by atoms with Crippen LogP contribution in [-0.4, -0.2) is 47.0 Å². The van der Waals surface area contributed by atoms with Crippen LogP contribution >= 0.6 is 0 Å². The number of amidine groups is 2. The molecule has 1 atom stereocenters. The molecule has 1 fully saturated rings. The third-order valence-corrected chi connectivity index (χ3v) is 5.39. The lowest BCUT2D eigenvalue weighted by Crippen LogP contribution is -2.35. The molecule has 1 saturated heterocycles. The highest BCUT2D eigenvalue weighted by molar-refractivity contribution is 7.83. The van der Waals surface area contributed by atoms with E-state index in [1.54, 1.807) is 0 Å². The number of piperidine rings is 1. The van der Waals surface area contributed by atoms with Crippen LogP contribution in [-0.2, 0) is 17.7 Å². The molecule has 2 aliphatic rings. The Bertz CT molecular complexity index is 699. The average molecular weight is 378 g/mol. The third-order valence-electron chi connectivity index (χ3n) is 4.70. The van der Waals surface area contributed by atoms with Crippen LogP contribution in [0.25, 0.3) is 0 Å². The van der Waals surface area contributed by atoms with Crippen LogP contribution in [0.1, 0.15) is 31.7 Å². The Morgan fingerprint density at radius 3 is 2.81 bits per heavy atom. The minimum Gasteiger partial charge on any atom is -0.493 e. The zero-order valence-electron chi connectivity index (χ0n) is 15.2. The molecular weight excluding hydrogens is 350 g/mol. The predicted octanol–water partition coefficient (Wildman–Crippen LogP) is 1.62. The number of para-hydroxylation sites is 1. The zero-order chi connectivity index (χ0) is 18.4. The second-order valence-corrected chi connectivity index (χ2v) is 7.67. The van der Waals surface area contributed by atoms with E-state index in [4.69, 9.17) is 10.5 Å². The molecule has 0 amide bonds. The number of hydrogen-bond acceptors (Lipinski definition) is 5. The van der Waals surface area contributed by atoms with Gasteiger partial charge in [-0.25, -0.2) is 4.21 Å². The van der Waals surface area contributed by atoms with Gasteiger partial charge in [-0.05, 0) is 44.3 Å². The van der Waals surface area contributed by atoms with Gasteiger partial charge in [-0.1, -0.05) is 25.1 Å². The lowest BCUT2D eigenvalue weighted by Gasteiger charge is -2.30. The Hall–Kier alpha value is -1.93. The molecule has 2 heterocycles. The Morgan fingerprint density at radius 1 is 1.31 bits per heavy atom. The lowest BCUT2D eigenvalue weighted by atomic mass is 9.99. The summed E-state index contributed by atoms with van der Waals surface area (Å²) >= 11 is -1.58. The number of nitrogens with zero attached hydrogens (tertiary/aromatic N) is 3. The van der Waals surface area contributed by atoms with Gasteiger partial charge in [-0.15, -0.1) is 8.80 Å². The van der Waals surface area contributed by atoms with E-state index < -0.39 is 11.2 Å². The number of ether oxygens (including phenoxy) is 1. The van der Waals surface area contributed by atoms with Gasteiger partial charge in [0.05, 0.1) is 6.61 Å². The van der Waals surface area contributed by atoms with Crippen molar-refractivity contribution in [2.75, 3.05) is 26.2 Å². The standard InChI is InChI=1S/C18H27N5O2S/c1-14-7-10-23(11-8-14)13-15-5-2-3-6-16(15)25-12-4-9-20-18-17(19)21-26(24)22-18/h2-3,5-6,14H,4,7-13H2,1H3,(H2,19,21)(H,20,22). The number of hydrogen-bond donors (Lipinski definition) is 2. The largest absolute Gasteiger partial charge is 0.493 e. The molecule has 0 radical (unpaired) electrons. The van der Waals surface area contributed by atoms with Gasteiger partial charge in [0.15, 0.2) is 11.7 Å². The van der Waals surface area contributed by atoms with Crippen molar-refractivity contribution in [3.8, 4) is 5.75 Å². The maximum atomic E-state index is 11.1. The molecule has 0 bridgehead atoms. The van der Waals surface area contributed by atoms with E-state index in [0.29, 0.717) is 19.0 Å². The van der Waals surface area contributed by atoms with Gasteiger partial charge in [-0.2, -0.15) is 0 Å². The first-order valence-corrected chi connectivity index (χ1v) is 10.2. The SMILES string of the molecule is CC1CCN(Cc2ccccc2OCCCNC2=NS(=O)N=C2N)CC1. The zero-order valence-corrected chi connectivity index (χ0v) is 16.0. The molecule has 3 rings (SSSR count). The highest BCUT2D eigenvalue weighted by Gasteiger charge is 2.17. The van der Waals surface area contributed by atoms with Gasteiger partial charge in [-0.3, -0.25) is 4.90 Å². The number of nitrogens with one attached hydrogen (secondary N) is 1.